The van der Waals surface area contributed by atoms with Crippen LogP contribution in [0.1, 0.15) is 25.9 Å². The van der Waals surface area contributed by atoms with E-state index in [1.807, 2.05) is 11.6 Å². The SMILES string of the molecule is Cc1nc(Cc2ccc(F)cc2)sc1C(=O)Nc1c(-c2ccc(F)cc2)nc2sccn12. The summed E-state index contributed by atoms with van der Waals surface area (Å²) in [5, 5.41) is 5.62. The lowest BCUT2D eigenvalue weighted by Gasteiger charge is -2.06. The van der Waals surface area contributed by atoms with Crippen LogP contribution in [0, 0.1) is 18.6 Å². The molecule has 0 saturated carbocycles. The highest BCUT2D eigenvalue weighted by molar-refractivity contribution is 7.15. The Hall–Kier alpha value is -3.43. The Morgan fingerprint density at radius 3 is 2.44 bits per heavy atom. The number of hydrogen-bond acceptors (Lipinski definition) is 5. The number of benzene rings is 2. The zero-order valence-electron chi connectivity index (χ0n) is 16.8. The molecule has 0 radical (unpaired) electrons. The van der Waals surface area contributed by atoms with Crippen molar-refractivity contribution in [1.82, 2.24) is 14.4 Å². The van der Waals surface area contributed by atoms with Gasteiger partial charge in [-0.15, -0.1) is 22.7 Å². The number of nitrogens with one attached hydrogen (secondary N) is 1. The molecule has 3 aromatic heterocycles. The van der Waals surface area contributed by atoms with Crippen LogP contribution in [-0.2, 0) is 6.42 Å². The van der Waals surface area contributed by atoms with Crippen LogP contribution in [-0.4, -0.2) is 20.3 Å². The molecule has 0 fully saturated rings. The van der Waals surface area contributed by atoms with Crippen molar-refractivity contribution in [2.45, 2.75) is 13.3 Å². The summed E-state index contributed by atoms with van der Waals surface area (Å²) in [5.74, 6) is -0.400. The van der Waals surface area contributed by atoms with Crippen LogP contribution in [0.2, 0.25) is 0 Å². The van der Waals surface area contributed by atoms with Crippen LogP contribution < -0.4 is 5.32 Å². The third-order valence-corrected chi connectivity index (χ3v) is 6.84. The van der Waals surface area contributed by atoms with Gasteiger partial charge in [-0.1, -0.05) is 12.1 Å². The molecule has 0 aliphatic carbocycles. The summed E-state index contributed by atoms with van der Waals surface area (Å²) in [6, 6.07) is 12.2. The van der Waals surface area contributed by atoms with Crippen molar-refractivity contribution in [2.24, 2.45) is 0 Å². The minimum atomic E-state index is -0.339. The van der Waals surface area contributed by atoms with Crippen LogP contribution in [0.3, 0.4) is 0 Å². The molecule has 0 bridgehead atoms. The standard InChI is InChI=1S/C23H16F2N4OS2/c1-13-20(32-18(26-13)12-14-2-6-16(24)7-3-14)22(30)28-21-19(15-4-8-17(25)9-5-15)27-23-29(21)10-11-31-23/h2-11H,12H2,1H3,(H,28,30). The van der Waals surface area contributed by atoms with Gasteiger partial charge in [0.1, 0.15) is 28.0 Å². The van der Waals surface area contributed by atoms with Gasteiger partial charge in [0, 0.05) is 23.6 Å². The first-order valence-electron chi connectivity index (χ1n) is 9.71. The Morgan fingerprint density at radius 1 is 1.03 bits per heavy atom. The van der Waals surface area contributed by atoms with Crippen molar-refractivity contribution in [3.63, 3.8) is 0 Å². The number of aryl methyl sites for hydroxylation is 1. The first-order chi connectivity index (χ1) is 15.5. The van der Waals surface area contributed by atoms with E-state index in [9.17, 15) is 13.6 Å². The van der Waals surface area contributed by atoms with Crippen molar-refractivity contribution >= 4 is 39.4 Å². The van der Waals surface area contributed by atoms with Crippen molar-refractivity contribution in [3.8, 4) is 11.3 Å². The van der Waals surface area contributed by atoms with Crippen LogP contribution in [0.25, 0.3) is 16.2 Å². The average molecular weight is 467 g/mol. The molecule has 0 atom stereocenters. The van der Waals surface area contributed by atoms with Crippen molar-refractivity contribution < 1.29 is 13.6 Å². The molecular formula is C23H16F2N4OS2. The van der Waals surface area contributed by atoms with Gasteiger partial charge in [-0.3, -0.25) is 9.20 Å². The quantitative estimate of drug-likeness (QED) is 0.348. The Kier molecular flexibility index (Phi) is 5.28. The third-order valence-electron chi connectivity index (χ3n) is 4.93. The largest absolute Gasteiger partial charge is 0.305 e. The van der Waals surface area contributed by atoms with Gasteiger partial charge in [0.25, 0.3) is 5.91 Å². The number of carbonyl (C=O) groups excluding carboxylic acids is 1. The lowest BCUT2D eigenvalue weighted by atomic mass is 10.1. The number of carbonyl (C=O) groups is 1. The van der Waals surface area contributed by atoms with E-state index in [1.54, 1.807) is 35.6 Å². The van der Waals surface area contributed by atoms with Gasteiger partial charge in [-0.05, 0) is 48.9 Å². The number of imidazole rings is 1. The topological polar surface area (TPSA) is 59.3 Å². The van der Waals surface area contributed by atoms with Gasteiger partial charge in [-0.25, -0.2) is 18.7 Å². The van der Waals surface area contributed by atoms with E-state index in [1.165, 1.54) is 46.9 Å². The minimum absolute atomic E-state index is 0.290. The number of fused-ring (bicyclic) bond motifs is 1. The molecule has 1 amide bonds. The molecular weight excluding hydrogens is 450 g/mol. The second-order valence-electron chi connectivity index (χ2n) is 7.15. The lowest BCUT2D eigenvalue weighted by molar-refractivity contribution is 0.102. The van der Waals surface area contributed by atoms with Gasteiger partial charge in [0.2, 0.25) is 0 Å². The smallest absolute Gasteiger partial charge is 0.268 e. The number of anilines is 1. The number of thiazole rings is 2. The molecule has 5 nitrogen and oxygen atoms in total. The molecule has 32 heavy (non-hydrogen) atoms. The molecule has 0 aliphatic heterocycles. The highest BCUT2D eigenvalue weighted by Gasteiger charge is 2.21. The summed E-state index contributed by atoms with van der Waals surface area (Å²) in [4.78, 5) is 23.5. The summed E-state index contributed by atoms with van der Waals surface area (Å²) in [6.45, 7) is 1.79. The fraction of sp³-hybridized carbons (Fsp3) is 0.0870. The maximum Gasteiger partial charge on any atom is 0.268 e. The van der Waals surface area contributed by atoms with E-state index in [-0.39, 0.29) is 17.5 Å². The maximum atomic E-state index is 13.4. The first kappa shape index (κ1) is 20.5. The summed E-state index contributed by atoms with van der Waals surface area (Å²) < 4.78 is 28.3. The molecule has 0 aliphatic rings. The summed E-state index contributed by atoms with van der Waals surface area (Å²) in [5.41, 5.74) is 2.81. The highest BCUT2D eigenvalue weighted by atomic mass is 32.1. The number of amides is 1. The zero-order chi connectivity index (χ0) is 22.2. The summed E-state index contributed by atoms with van der Waals surface area (Å²) in [7, 11) is 0. The fourth-order valence-corrected chi connectivity index (χ4v) is 5.10. The third kappa shape index (κ3) is 3.92. The number of nitrogens with zero attached hydrogens (tertiary/aromatic N) is 3. The number of halogens is 2. The van der Waals surface area contributed by atoms with Crippen molar-refractivity contribution in [1.29, 1.82) is 0 Å². The van der Waals surface area contributed by atoms with Crippen molar-refractivity contribution in [3.05, 3.63) is 92.9 Å². The zero-order valence-corrected chi connectivity index (χ0v) is 18.4. The Labute approximate surface area is 190 Å². The Morgan fingerprint density at radius 2 is 1.72 bits per heavy atom. The molecule has 160 valence electrons. The molecule has 5 aromatic rings. The first-order valence-corrected chi connectivity index (χ1v) is 11.4. The molecule has 0 saturated heterocycles. The van der Waals surface area contributed by atoms with Crippen molar-refractivity contribution in [2.75, 3.05) is 5.32 Å². The van der Waals surface area contributed by atoms with Gasteiger partial charge in [-0.2, -0.15) is 0 Å². The number of hydrogen-bond donors (Lipinski definition) is 1. The Bertz CT molecular complexity index is 1420. The van der Waals surface area contributed by atoms with Gasteiger partial charge in [0.05, 0.1) is 10.7 Å². The van der Waals surface area contributed by atoms with Gasteiger partial charge < -0.3 is 5.32 Å². The lowest BCUT2D eigenvalue weighted by Crippen LogP contribution is -2.13. The van der Waals surface area contributed by atoms with Crippen LogP contribution in [0.15, 0.2) is 60.1 Å². The van der Waals surface area contributed by atoms with Gasteiger partial charge in [0.15, 0.2) is 4.96 Å². The maximum absolute atomic E-state index is 13.4. The monoisotopic (exact) mass is 466 g/mol. The molecule has 3 heterocycles. The van der Waals surface area contributed by atoms with Crippen LogP contribution >= 0.6 is 22.7 Å². The summed E-state index contributed by atoms with van der Waals surface area (Å²) >= 11 is 2.75. The molecule has 0 spiro atoms. The van der Waals surface area contributed by atoms with E-state index in [4.69, 9.17) is 0 Å². The fourth-order valence-electron chi connectivity index (χ4n) is 3.39. The van der Waals surface area contributed by atoms with E-state index < -0.39 is 0 Å². The predicted octanol–water partition coefficient (Wildman–Crippen LogP) is 5.95. The Balaban J connectivity index is 1.45. The molecule has 9 heteroatoms. The van der Waals surface area contributed by atoms with Gasteiger partial charge >= 0.3 is 0 Å². The second-order valence-corrected chi connectivity index (χ2v) is 9.11. The van der Waals surface area contributed by atoms with E-state index in [2.05, 4.69) is 15.3 Å². The van der Waals surface area contributed by atoms with Crippen LogP contribution in [0.5, 0.6) is 0 Å². The molecule has 5 rings (SSSR count). The molecule has 1 N–H and O–H groups in total. The van der Waals surface area contributed by atoms with E-state index in [0.29, 0.717) is 34.1 Å². The second kappa shape index (κ2) is 8.25. The summed E-state index contributed by atoms with van der Waals surface area (Å²) in [6.07, 6.45) is 2.34. The average Bonchev–Trinajstić information content (AvgIpc) is 3.46. The van der Waals surface area contributed by atoms with E-state index >= 15 is 0 Å². The normalized spacial score (nSPS) is 11.2. The van der Waals surface area contributed by atoms with E-state index in [0.717, 1.165) is 15.5 Å². The predicted molar refractivity (Wildman–Crippen MR) is 122 cm³/mol. The highest BCUT2D eigenvalue weighted by Crippen LogP contribution is 2.32. The number of rotatable bonds is 5. The molecule has 0 unspecified atom stereocenters. The minimum Gasteiger partial charge on any atom is -0.305 e. The molecule has 2 aromatic carbocycles. The van der Waals surface area contributed by atoms with Crippen LogP contribution in [0.4, 0.5) is 14.6 Å². The number of aromatic nitrogens is 3.